The van der Waals surface area contributed by atoms with Crippen molar-refractivity contribution in [3.63, 3.8) is 0 Å². The van der Waals surface area contributed by atoms with E-state index < -0.39 is 0 Å². The maximum Gasteiger partial charge on any atom is 0.330 e. The molecular formula is C16H28N4O2. The molecule has 2 rings (SSSR count). The summed E-state index contributed by atoms with van der Waals surface area (Å²) in [6, 6.07) is 1.58. The molecule has 22 heavy (non-hydrogen) atoms. The Hall–Kier alpha value is -1.40. The number of hydrogen-bond donors (Lipinski definition) is 0. The Morgan fingerprint density at radius 3 is 2.36 bits per heavy atom. The number of aromatic nitrogens is 2. The zero-order valence-corrected chi connectivity index (χ0v) is 14.2. The number of likely N-dealkylation sites (tertiary alicyclic amines) is 1. The number of nitrogens with zero attached hydrogens (tertiary/aromatic N) is 4. The van der Waals surface area contributed by atoms with Crippen molar-refractivity contribution in [3.8, 4) is 0 Å². The van der Waals surface area contributed by atoms with Crippen LogP contribution in [0, 0.1) is 5.92 Å². The fourth-order valence-corrected chi connectivity index (χ4v) is 3.03. The van der Waals surface area contributed by atoms with E-state index in [2.05, 4.69) is 23.9 Å². The number of rotatable bonds is 5. The van der Waals surface area contributed by atoms with Crippen molar-refractivity contribution in [1.29, 1.82) is 0 Å². The first-order valence-electron chi connectivity index (χ1n) is 8.01. The zero-order chi connectivity index (χ0) is 16.3. The summed E-state index contributed by atoms with van der Waals surface area (Å²) in [7, 11) is 7.49. The molecule has 0 N–H and O–H groups in total. The highest BCUT2D eigenvalue weighted by Crippen LogP contribution is 2.21. The molecule has 0 atom stereocenters. The first kappa shape index (κ1) is 17.0. The summed E-state index contributed by atoms with van der Waals surface area (Å²) in [5.41, 5.74) is 0.335. The summed E-state index contributed by atoms with van der Waals surface area (Å²) in [6.07, 6.45) is 3.66. The van der Waals surface area contributed by atoms with E-state index in [4.69, 9.17) is 0 Å². The van der Waals surface area contributed by atoms with Crippen LogP contribution in [0.3, 0.4) is 0 Å². The van der Waals surface area contributed by atoms with Crippen LogP contribution in [0.4, 0.5) is 0 Å². The van der Waals surface area contributed by atoms with Crippen molar-refractivity contribution >= 4 is 0 Å². The van der Waals surface area contributed by atoms with Gasteiger partial charge in [0, 0.05) is 32.4 Å². The first-order valence-corrected chi connectivity index (χ1v) is 8.01. The van der Waals surface area contributed by atoms with E-state index in [1.165, 1.54) is 26.3 Å². The molecule has 0 spiro atoms. The van der Waals surface area contributed by atoms with Crippen molar-refractivity contribution in [2.24, 2.45) is 20.0 Å². The third kappa shape index (κ3) is 4.08. The topological polar surface area (TPSA) is 50.5 Å². The molecule has 6 heteroatoms. The molecule has 6 nitrogen and oxygen atoms in total. The van der Waals surface area contributed by atoms with Crippen molar-refractivity contribution in [2.45, 2.75) is 25.8 Å². The largest absolute Gasteiger partial charge is 0.330 e. The van der Waals surface area contributed by atoms with Crippen molar-refractivity contribution in [3.05, 3.63) is 32.6 Å². The second-order valence-corrected chi connectivity index (χ2v) is 6.69. The van der Waals surface area contributed by atoms with Gasteiger partial charge in [-0.1, -0.05) is 0 Å². The van der Waals surface area contributed by atoms with Crippen LogP contribution in [0.2, 0.25) is 0 Å². The standard InChI is InChI=1S/C16H28N4O2/c1-17(2)8-5-13-6-9-20(10-7-13)12-14-11-15(21)19(4)16(22)18(14)3/h11,13H,5-10,12H2,1-4H3. The minimum absolute atomic E-state index is 0.223. The predicted molar refractivity (Wildman–Crippen MR) is 88.1 cm³/mol. The molecule has 1 saturated heterocycles. The average Bonchev–Trinajstić information content (AvgIpc) is 2.49. The number of hydrogen-bond acceptors (Lipinski definition) is 4. The molecule has 0 unspecified atom stereocenters. The SMILES string of the molecule is CN(C)CCC1CCN(Cc2cc(=O)n(C)c(=O)n2C)CC1. The van der Waals surface area contributed by atoms with Gasteiger partial charge in [0.1, 0.15) is 0 Å². The maximum absolute atomic E-state index is 12.0. The molecular weight excluding hydrogens is 280 g/mol. The third-order valence-corrected chi connectivity index (χ3v) is 4.70. The van der Waals surface area contributed by atoms with Gasteiger partial charge in [0.05, 0.1) is 0 Å². The van der Waals surface area contributed by atoms with Crippen molar-refractivity contribution in [2.75, 3.05) is 33.7 Å². The second-order valence-electron chi connectivity index (χ2n) is 6.69. The molecule has 124 valence electrons. The lowest BCUT2D eigenvalue weighted by atomic mass is 9.93. The van der Waals surface area contributed by atoms with Crippen LogP contribution in [-0.2, 0) is 20.6 Å². The summed E-state index contributed by atoms with van der Waals surface area (Å²) < 4.78 is 2.73. The Morgan fingerprint density at radius 1 is 1.14 bits per heavy atom. The van der Waals surface area contributed by atoms with Crippen LogP contribution in [0.25, 0.3) is 0 Å². The van der Waals surface area contributed by atoms with Crippen LogP contribution in [0.15, 0.2) is 15.7 Å². The second kappa shape index (κ2) is 7.24. The quantitative estimate of drug-likeness (QED) is 0.782. The molecule has 0 aliphatic carbocycles. The maximum atomic E-state index is 12.0. The smallest absolute Gasteiger partial charge is 0.309 e. The molecule has 0 bridgehead atoms. The monoisotopic (exact) mass is 308 g/mol. The Bertz CT molecular complexity index is 610. The van der Waals surface area contributed by atoms with Gasteiger partial charge in [0.2, 0.25) is 0 Å². The van der Waals surface area contributed by atoms with Gasteiger partial charge in [-0.3, -0.25) is 18.8 Å². The third-order valence-electron chi connectivity index (χ3n) is 4.70. The predicted octanol–water partition coefficient (Wildman–Crippen LogP) is 0.248. The van der Waals surface area contributed by atoms with Gasteiger partial charge in [0.25, 0.3) is 5.56 Å². The van der Waals surface area contributed by atoms with Gasteiger partial charge in [-0.15, -0.1) is 0 Å². The molecule has 0 amide bonds. The summed E-state index contributed by atoms with van der Waals surface area (Å²) in [6.45, 7) is 3.92. The Morgan fingerprint density at radius 2 is 1.77 bits per heavy atom. The van der Waals surface area contributed by atoms with Gasteiger partial charge < -0.3 is 4.90 Å². The van der Waals surface area contributed by atoms with Crippen LogP contribution in [0.5, 0.6) is 0 Å². The van der Waals surface area contributed by atoms with Gasteiger partial charge in [-0.25, -0.2) is 4.79 Å². The molecule has 1 aromatic rings. The number of piperidine rings is 1. The highest BCUT2D eigenvalue weighted by Gasteiger charge is 2.20. The molecule has 2 heterocycles. The minimum Gasteiger partial charge on any atom is -0.309 e. The highest BCUT2D eigenvalue weighted by atomic mass is 16.2. The van der Waals surface area contributed by atoms with E-state index in [1.807, 2.05) is 0 Å². The fraction of sp³-hybridized carbons (Fsp3) is 0.750. The fourth-order valence-electron chi connectivity index (χ4n) is 3.03. The van der Waals surface area contributed by atoms with E-state index in [9.17, 15) is 9.59 Å². The lowest BCUT2D eigenvalue weighted by molar-refractivity contribution is 0.162. The zero-order valence-electron chi connectivity index (χ0n) is 14.2. The van der Waals surface area contributed by atoms with E-state index in [-0.39, 0.29) is 11.2 Å². The molecule has 1 aromatic heterocycles. The van der Waals surface area contributed by atoms with Gasteiger partial charge in [0.15, 0.2) is 0 Å². The average molecular weight is 308 g/mol. The Labute approximate surface area is 132 Å². The lowest BCUT2D eigenvalue weighted by Crippen LogP contribution is -2.41. The summed E-state index contributed by atoms with van der Waals surface area (Å²) >= 11 is 0. The normalized spacial score (nSPS) is 17.3. The van der Waals surface area contributed by atoms with Crippen LogP contribution < -0.4 is 11.2 Å². The van der Waals surface area contributed by atoms with Crippen LogP contribution >= 0.6 is 0 Å². The summed E-state index contributed by atoms with van der Waals surface area (Å²) in [4.78, 5) is 28.3. The van der Waals surface area contributed by atoms with E-state index in [0.29, 0.717) is 6.54 Å². The summed E-state index contributed by atoms with van der Waals surface area (Å²) in [5.74, 6) is 0.797. The highest BCUT2D eigenvalue weighted by molar-refractivity contribution is 5.02. The van der Waals surface area contributed by atoms with E-state index >= 15 is 0 Å². The molecule has 0 radical (unpaired) electrons. The van der Waals surface area contributed by atoms with Crippen LogP contribution in [0.1, 0.15) is 25.0 Å². The van der Waals surface area contributed by atoms with Crippen molar-refractivity contribution < 1.29 is 0 Å². The molecule has 1 fully saturated rings. The van der Waals surface area contributed by atoms with Crippen LogP contribution in [-0.4, -0.2) is 52.7 Å². The van der Waals surface area contributed by atoms with E-state index in [0.717, 1.165) is 35.8 Å². The van der Waals surface area contributed by atoms with E-state index in [1.54, 1.807) is 17.7 Å². The minimum atomic E-state index is -0.247. The first-order chi connectivity index (χ1) is 10.4. The molecule has 0 saturated carbocycles. The lowest BCUT2D eigenvalue weighted by Gasteiger charge is -2.32. The van der Waals surface area contributed by atoms with Gasteiger partial charge in [-0.05, 0) is 58.9 Å². The van der Waals surface area contributed by atoms with Crippen molar-refractivity contribution in [1.82, 2.24) is 18.9 Å². The van der Waals surface area contributed by atoms with Gasteiger partial charge in [-0.2, -0.15) is 0 Å². The molecule has 1 aliphatic rings. The molecule has 1 aliphatic heterocycles. The summed E-state index contributed by atoms with van der Waals surface area (Å²) in [5, 5.41) is 0. The Kier molecular flexibility index (Phi) is 5.58. The Balaban J connectivity index is 1.94. The van der Waals surface area contributed by atoms with Gasteiger partial charge >= 0.3 is 5.69 Å². The molecule has 0 aromatic carbocycles.